The van der Waals surface area contributed by atoms with Crippen molar-refractivity contribution in [2.75, 3.05) is 11.1 Å². The van der Waals surface area contributed by atoms with Gasteiger partial charge in [-0.05, 0) is 246 Å². The van der Waals surface area contributed by atoms with Crippen LogP contribution in [0.2, 0.25) is 0 Å². The average Bonchev–Trinajstić information content (AvgIpc) is 0.707. The van der Waals surface area contributed by atoms with E-state index in [4.69, 9.17) is 5.73 Å². The van der Waals surface area contributed by atoms with E-state index in [1.54, 1.807) is 67.8 Å². The zero-order valence-electron chi connectivity index (χ0n) is 61.4. The predicted molar refractivity (Wildman–Crippen MR) is 394 cm³/mol. The summed E-state index contributed by atoms with van der Waals surface area (Å²) in [4.78, 5) is 56.8. The molecule has 26 heteroatoms. The molecule has 110 heavy (non-hydrogen) atoms. The van der Waals surface area contributed by atoms with E-state index in [-0.39, 0.29) is 77.3 Å². The molecule has 582 valence electrons. The van der Waals surface area contributed by atoms with E-state index in [9.17, 15) is 94.4 Å². The number of aromatic carboxylic acids is 2. The molecule has 2 aromatic heterocycles. The van der Waals surface area contributed by atoms with Gasteiger partial charge in [0.05, 0.1) is 33.9 Å². The Labute approximate surface area is 658 Å². The van der Waals surface area contributed by atoms with Crippen LogP contribution >= 0.6 is 0 Å². The summed E-state index contributed by atoms with van der Waals surface area (Å²) in [5.74, 6) is -5.28. The van der Waals surface area contributed by atoms with Crippen LogP contribution in [0.1, 0.15) is 164 Å². The molecular formula is C84H88BrF9MgN4O11. The fraction of sp³-hybridized carbons (Fsp3) is 0.393. The first-order chi connectivity index (χ1) is 50.1. The number of fused-ring (bicyclic) bond motifs is 9. The first-order valence-corrected chi connectivity index (χ1v) is 35.4. The second-order valence-electron chi connectivity index (χ2n) is 30.3. The summed E-state index contributed by atoms with van der Waals surface area (Å²) >= 11 is 0. The number of Topliss-reactive ketones (excluding diaryl/α,β-unsaturated/α-hetero) is 1. The van der Waals surface area contributed by atoms with Crippen LogP contribution in [-0.4, -0.2) is 139 Å². The molecule has 1 amide bonds. The fourth-order valence-corrected chi connectivity index (χ4v) is 18.1. The third-order valence-corrected chi connectivity index (χ3v) is 23.8. The van der Waals surface area contributed by atoms with Crippen LogP contribution in [-0.2, 0) is 59.6 Å². The summed E-state index contributed by atoms with van der Waals surface area (Å²) in [5.41, 5.74) is -0.664. The molecule has 0 aliphatic heterocycles. The number of carbonyl (C=O) groups is 4. The number of halogens is 10. The standard InChI is InChI=1S/C30H31F3N2O3.C24H25F3O4.C23H21F3O4.C6H8N2.CH3.BrH.Mg/c1-19-25(9-6-14-34-19)35-26(36)22-11-13-24-21(15-22)10-12-23-17-29(38,30(31,32)33)27(2,37)18-28(23,24)16-20-7-4-3-5-8-20;1-21(30)14-22(12-15-5-3-2-4-6-15)18(13-23(21,31)24(25,26)27)9-7-16-11-17(20(28)29)8-10-19(16)22;24-23(25,26)22(30)12-17-8-6-15-10-16(20(28)29)7-9-18(15)21(17,13-19(22)27)11-14-4-2-1-3-5-14;1-5-6(7)3-2-4-8-5;;;/h3-9,11,13-15,23,37-38H,10,12,16-18H2,1-2H3,(H,35,36);2-6,8,10-11,18,30-31H,7,9,12-14H2,1H3,(H,28,29);1-5,7,9-10,17,30H,6,8,11-13H2,(H,28,29);2-4H,7H2,1H3;1H3;1H;/q;;;;-1;;+2/p-1/t23-,27-,28-,29+;18-,21-,22-,23+;17-,21-,22+;;;;/m111..../s1. The Morgan fingerprint density at radius 3 is 1.20 bits per heavy atom. The van der Waals surface area contributed by atoms with Gasteiger partial charge in [-0.1, -0.05) is 109 Å². The molecule has 3 saturated carbocycles. The molecule has 3 fully saturated rings. The second kappa shape index (κ2) is 32.9. The number of nitrogen functional groups attached to an aromatic ring is 1. The minimum absolute atomic E-state index is 0. The number of anilines is 2. The van der Waals surface area contributed by atoms with Crippen molar-refractivity contribution in [3.63, 3.8) is 0 Å². The van der Waals surface area contributed by atoms with Crippen LogP contribution in [0, 0.1) is 39.0 Å². The van der Waals surface area contributed by atoms with Crippen LogP contribution in [0.15, 0.2) is 182 Å². The van der Waals surface area contributed by atoms with Crippen molar-refractivity contribution in [2.24, 2.45) is 17.8 Å². The van der Waals surface area contributed by atoms with Crippen LogP contribution < -0.4 is 28.0 Å². The van der Waals surface area contributed by atoms with E-state index < -0.39 is 124 Å². The SMILES string of the molecule is C[C@@]1(O)C[C@@]2(Cc3ccccc3)c3ccc(C(=O)O)cc3CC[C@@H]2C[C@@]1(O)C(F)(F)F.Cc1ncccc1N.Cc1ncccc1NC(=O)c1ccc2c(c1)CC[C@@H]1C[C@@](O)(C(F)(F)F)[C@](C)(O)C[C@@]21Cc1ccccc1.O=C(O)c1ccc2c(c1)CC[C@@H]1C[C@@](O)(C(F)(F)F)C(=O)C[C@@]21Cc1ccccc1.[Br-].[CH3-].[Mg+2]. The van der Waals surface area contributed by atoms with E-state index in [0.29, 0.717) is 80.3 Å². The summed E-state index contributed by atoms with van der Waals surface area (Å²) < 4.78 is 125. The molecule has 6 aliphatic carbocycles. The predicted octanol–water partition coefficient (Wildman–Crippen LogP) is 11.9. The molecule has 10 N–H and O–H groups in total. The largest absolute Gasteiger partial charge is 2.00 e. The van der Waals surface area contributed by atoms with E-state index in [2.05, 4.69) is 15.3 Å². The number of carbonyl (C=O) groups excluding carboxylic acids is 2. The van der Waals surface area contributed by atoms with E-state index in [0.717, 1.165) is 69.7 Å². The van der Waals surface area contributed by atoms with Crippen molar-refractivity contribution >= 4 is 58.1 Å². The maximum absolute atomic E-state index is 14.1. The molecule has 0 radical (unpaired) electrons. The van der Waals surface area contributed by atoms with Crippen molar-refractivity contribution in [2.45, 2.75) is 187 Å². The quantitative estimate of drug-likeness (QED) is 0.0350. The molecule has 14 rings (SSSR count). The van der Waals surface area contributed by atoms with Crippen LogP contribution in [0.4, 0.5) is 50.9 Å². The molecule has 6 aromatic carbocycles. The molecule has 0 unspecified atom stereocenters. The number of pyridine rings is 2. The van der Waals surface area contributed by atoms with Crippen LogP contribution in [0.25, 0.3) is 0 Å². The Hall–Kier alpha value is -8.08. The number of rotatable bonds is 10. The van der Waals surface area contributed by atoms with Gasteiger partial charge in [0, 0.05) is 40.6 Å². The number of aromatic nitrogens is 2. The normalized spacial score (nSPS) is 27.6. The Morgan fingerprint density at radius 1 is 0.491 bits per heavy atom. The van der Waals surface area contributed by atoms with Crippen LogP contribution in [0.3, 0.4) is 0 Å². The zero-order valence-corrected chi connectivity index (χ0v) is 64.4. The van der Waals surface area contributed by atoms with Crippen molar-refractivity contribution in [1.82, 2.24) is 9.97 Å². The van der Waals surface area contributed by atoms with Gasteiger partial charge < -0.3 is 71.2 Å². The first-order valence-electron chi connectivity index (χ1n) is 35.4. The summed E-state index contributed by atoms with van der Waals surface area (Å²) in [7, 11) is 0. The van der Waals surface area contributed by atoms with Crippen molar-refractivity contribution in [3.8, 4) is 0 Å². The summed E-state index contributed by atoms with van der Waals surface area (Å²) in [6.45, 7) is 5.83. The second-order valence-corrected chi connectivity index (χ2v) is 30.3. The molecular weight excluding hydrogens is 1520 g/mol. The Kier molecular flexibility index (Phi) is 26.2. The third kappa shape index (κ3) is 16.7. The summed E-state index contributed by atoms with van der Waals surface area (Å²) in [6.07, 6.45) is -10.9. The van der Waals surface area contributed by atoms with Gasteiger partial charge in [-0.2, -0.15) is 39.5 Å². The summed E-state index contributed by atoms with van der Waals surface area (Å²) in [5, 5.41) is 75.6. The van der Waals surface area contributed by atoms with Gasteiger partial charge in [-0.25, -0.2) is 9.59 Å². The Bertz CT molecular complexity index is 4610. The van der Waals surface area contributed by atoms with E-state index in [1.807, 2.05) is 116 Å². The Morgan fingerprint density at radius 2 is 0.845 bits per heavy atom. The Balaban J connectivity index is 0.000000196. The number of aryl methyl sites for hydroxylation is 5. The minimum atomic E-state index is -5.03. The number of nitrogens with zero attached hydrogens (tertiary/aromatic N) is 2. The van der Waals surface area contributed by atoms with E-state index >= 15 is 0 Å². The van der Waals surface area contributed by atoms with E-state index in [1.165, 1.54) is 12.1 Å². The van der Waals surface area contributed by atoms with Gasteiger partial charge in [0.2, 0.25) is 5.60 Å². The molecule has 11 atom stereocenters. The number of aliphatic hydroxyl groups is 5. The molecule has 15 nitrogen and oxygen atoms in total. The summed E-state index contributed by atoms with van der Waals surface area (Å²) in [6, 6.07) is 49.9. The van der Waals surface area contributed by atoms with Crippen molar-refractivity contribution in [3.05, 3.63) is 268 Å². The van der Waals surface area contributed by atoms with Gasteiger partial charge in [-0.3, -0.25) is 19.6 Å². The molecule has 0 saturated heterocycles. The zero-order chi connectivity index (χ0) is 77.7. The smallest absolute Gasteiger partial charge is 1.00 e. The van der Waals surface area contributed by atoms with Crippen molar-refractivity contribution < 1.29 is 111 Å². The maximum Gasteiger partial charge on any atom is 2.00 e. The number of nitrogens with two attached hydrogens (primary N) is 1. The molecule has 0 bridgehead atoms. The number of benzene rings is 6. The molecule has 2 heterocycles. The number of nitrogens with one attached hydrogen (secondary N) is 1. The average molecular weight is 1600 g/mol. The van der Waals surface area contributed by atoms with Crippen molar-refractivity contribution in [1.29, 1.82) is 0 Å². The maximum atomic E-state index is 14.1. The molecule has 6 aliphatic rings. The number of hydrogen-bond donors (Lipinski definition) is 9. The van der Waals surface area contributed by atoms with Gasteiger partial charge in [0.15, 0.2) is 17.0 Å². The number of hydrogen-bond acceptors (Lipinski definition) is 12. The fourth-order valence-electron chi connectivity index (χ4n) is 18.1. The monoisotopic (exact) mass is 1600 g/mol. The van der Waals surface area contributed by atoms with Crippen LogP contribution in [0.5, 0.6) is 0 Å². The topological polar surface area (TPSA) is 274 Å². The third-order valence-electron chi connectivity index (χ3n) is 23.8. The molecule has 0 spiro atoms. The van der Waals surface area contributed by atoms with Gasteiger partial charge in [-0.15, -0.1) is 0 Å². The van der Waals surface area contributed by atoms with Gasteiger partial charge in [0.25, 0.3) is 5.91 Å². The van der Waals surface area contributed by atoms with Gasteiger partial charge >= 0.3 is 53.5 Å². The number of ketones is 1. The molecule has 8 aromatic rings. The number of amides is 1. The van der Waals surface area contributed by atoms with Gasteiger partial charge in [0.1, 0.15) is 11.2 Å². The number of alkyl halides is 9. The number of carboxylic acid groups (broad SMARTS) is 2. The first kappa shape index (κ1) is 87.5. The number of carboxylic acids is 2. The minimum Gasteiger partial charge on any atom is -1.00 e.